The van der Waals surface area contributed by atoms with Gasteiger partial charge in [-0.25, -0.2) is 4.39 Å². The van der Waals surface area contributed by atoms with Crippen molar-refractivity contribution in [2.45, 2.75) is 33.7 Å². The summed E-state index contributed by atoms with van der Waals surface area (Å²) < 4.78 is 13.8. The molecule has 1 saturated heterocycles. The van der Waals surface area contributed by atoms with Crippen molar-refractivity contribution in [1.82, 2.24) is 4.90 Å². The van der Waals surface area contributed by atoms with E-state index in [2.05, 4.69) is 25.2 Å². The summed E-state index contributed by atoms with van der Waals surface area (Å²) in [7, 11) is 0. The lowest BCUT2D eigenvalue weighted by molar-refractivity contribution is -0.138. The first-order valence-corrected chi connectivity index (χ1v) is 9.97. The van der Waals surface area contributed by atoms with Crippen molar-refractivity contribution in [2.24, 2.45) is 17.3 Å². The van der Waals surface area contributed by atoms with Gasteiger partial charge in [0.15, 0.2) is 0 Å². The Balaban J connectivity index is 1.72. The number of rotatable bonds is 4. The smallest absolute Gasteiger partial charge is 0.248 e. The molecule has 0 radical (unpaired) electrons. The van der Waals surface area contributed by atoms with Crippen LogP contribution in [0.2, 0.25) is 0 Å². The monoisotopic (exact) mass is 376 g/mol. The van der Waals surface area contributed by atoms with Gasteiger partial charge in [-0.1, -0.05) is 37.6 Å². The predicted octanol–water partition coefficient (Wildman–Crippen LogP) is 3.90. The zero-order chi connectivity index (χ0) is 19.1. The molecule has 0 aromatic heterocycles. The molecule has 0 bridgehead atoms. The topological polar surface area (TPSA) is 49.4 Å². The first-order valence-electron chi connectivity index (χ1n) is 8.82. The Morgan fingerprint density at radius 2 is 2.00 bits per heavy atom. The molecule has 1 aromatic rings. The third-order valence-corrected chi connectivity index (χ3v) is 6.30. The van der Waals surface area contributed by atoms with E-state index in [1.807, 2.05) is 13.8 Å². The standard InChI is InChI=1S/C20H25FN2O2S/c1-12(2)9-13-17(20(13,3)4)19(25)23-11-26-10-16(23)18(24)22-15-8-6-5-7-14(15)21/h5-9,13,16-17H,10-11H2,1-4H3,(H,22,24)/t13-,16-,17-/m1/s1. The van der Waals surface area contributed by atoms with E-state index in [0.717, 1.165) is 0 Å². The maximum absolute atomic E-state index is 13.8. The van der Waals surface area contributed by atoms with E-state index in [4.69, 9.17) is 0 Å². The third-order valence-electron chi connectivity index (χ3n) is 5.29. The van der Waals surface area contributed by atoms with Crippen LogP contribution in [0.5, 0.6) is 0 Å². The molecule has 26 heavy (non-hydrogen) atoms. The van der Waals surface area contributed by atoms with E-state index in [1.165, 1.54) is 17.7 Å². The molecule has 1 aromatic carbocycles. The molecule has 1 aliphatic carbocycles. The van der Waals surface area contributed by atoms with E-state index in [0.29, 0.717) is 11.6 Å². The highest BCUT2D eigenvalue weighted by Gasteiger charge is 2.62. The number of amides is 2. The van der Waals surface area contributed by atoms with Gasteiger partial charge in [0, 0.05) is 5.75 Å². The second-order valence-electron chi connectivity index (χ2n) is 7.86. The lowest BCUT2D eigenvalue weighted by Gasteiger charge is -2.24. The highest BCUT2D eigenvalue weighted by Crippen LogP contribution is 2.60. The van der Waals surface area contributed by atoms with Crippen LogP contribution in [0.1, 0.15) is 27.7 Å². The summed E-state index contributed by atoms with van der Waals surface area (Å²) in [6.45, 7) is 8.26. The van der Waals surface area contributed by atoms with Gasteiger partial charge in [-0.2, -0.15) is 0 Å². The summed E-state index contributed by atoms with van der Waals surface area (Å²) >= 11 is 1.56. The van der Waals surface area contributed by atoms with Crippen LogP contribution >= 0.6 is 11.8 Å². The molecule has 3 rings (SSSR count). The number of nitrogens with one attached hydrogen (secondary N) is 1. The minimum Gasteiger partial charge on any atom is -0.322 e. The molecule has 2 amide bonds. The van der Waals surface area contributed by atoms with E-state index in [1.54, 1.807) is 28.8 Å². The van der Waals surface area contributed by atoms with Crippen LogP contribution in [0.25, 0.3) is 0 Å². The Labute approximate surface area is 158 Å². The number of para-hydroxylation sites is 1. The Hall–Kier alpha value is -1.82. The van der Waals surface area contributed by atoms with Crippen molar-refractivity contribution in [3.8, 4) is 0 Å². The lowest BCUT2D eigenvalue weighted by Crippen LogP contribution is -2.45. The number of allylic oxidation sites excluding steroid dienone is 2. The number of thioether (sulfide) groups is 1. The SMILES string of the molecule is CC(C)=C[C@@H]1[C@H](C(=O)N2CSC[C@@H]2C(=O)Nc2ccccc2F)C1(C)C. The summed E-state index contributed by atoms with van der Waals surface area (Å²) in [5.74, 6) is 0.369. The molecule has 6 heteroatoms. The molecule has 4 nitrogen and oxygen atoms in total. The fraction of sp³-hybridized carbons (Fsp3) is 0.500. The fourth-order valence-electron chi connectivity index (χ4n) is 3.65. The molecule has 0 spiro atoms. The van der Waals surface area contributed by atoms with Crippen LogP contribution in [0.4, 0.5) is 10.1 Å². The first kappa shape index (κ1) is 19.0. The number of anilines is 1. The van der Waals surface area contributed by atoms with Gasteiger partial charge in [0.25, 0.3) is 0 Å². The second kappa shape index (κ2) is 7.06. The van der Waals surface area contributed by atoms with Gasteiger partial charge in [-0.05, 0) is 37.3 Å². The van der Waals surface area contributed by atoms with Crippen molar-refractivity contribution in [3.63, 3.8) is 0 Å². The van der Waals surface area contributed by atoms with Gasteiger partial charge in [0.2, 0.25) is 11.8 Å². The maximum Gasteiger partial charge on any atom is 0.248 e. The number of halogens is 1. The summed E-state index contributed by atoms with van der Waals surface area (Å²) in [4.78, 5) is 27.4. The normalized spacial score (nSPS) is 26.3. The fourth-order valence-corrected chi connectivity index (χ4v) is 4.82. The number of hydrogen-bond donors (Lipinski definition) is 1. The van der Waals surface area contributed by atoms with Crippen molar-refractivity contribution in [2.75, 3.05) is 16.9 Å². The average Bonchev–Trinajstić information content (AvgIpc) is 2.93. The van der Waals surface area contributed by atoms with E-state index < -0.39 is 11.9 Å². The molecule has 2 fully saturated rings. The van der Waals surface area contributed by atoms with Crippen molar-refractivity contribution in [3.05, 3.63) is 41.7 Å². The Morgan fingerprint density at radius 3 is 2.65 bits per heavy atom. The highest BCUT2D eigenvalue weighted by molar-refractivity contribution is 7.99. The van der Waals surface area contributed by atoms with Gasteiger partial charge in [-0.3, -0.25) is 9.59 Å². The highest BCUT2D eigenvalue weighted by atomic mass is 32.2. The van der Waals surface area contributed by atoms with Crippen LogP contribution in [0.15, 0.2) is 35.9 Å². The molecule has 1 saturated carbocycles. The van der Waals surface area contributed by atoms with Crippen LogP contribution in [0.3, 0.4) is 0 Å². The largest absolute Gasteiger partial charge is 0.322 e. The van der Waals surface area contributed by atoms with Gasteiger partial charge >= 0.3 is 0 Å². The van der Waals surface area contributed by atoms with Crippen molar-refractivity contribution >= 4 is 29.3 Å². The number of carbonyl (C=O) groups is 2. The minimum atomic E-state index is -0.559. The lowest BCUT2D eigenvalue weighted by atomic mass is 10.1. The first-order chi connectivity index (χ1) is 12.2. The number of nitrogens with zero attached hydrogens (tertiary/aromatic N) is 1. The molecule has 1 aliphatic heterocycles. The Morgan fingerprint density at radius 1 is 1.31 bits per heavy atom. The number of benzene rings is 1. The summed E-state index contributed by atoms with van der Waals surface area (Å²) in [6.07, 6.45) is 2.15. The van der Waals surface area contributed by atoms with Crippen LogP contribution in [-0.2, 0) is 9.59 Å². The quantitative estimate of drug-likeness (QED) is 0.811. The molecule has 140 valence electrons. The molecule has 0 unspecified atom stereocenters. The van der Waals surface area contributed by atoms with Crippen LogP contribution in [0, 0.1) is 23.1 Å². The van der Waals surface area contributed by atoms with Gasteiger partial charge in [0.05, 0.1) is 17.5 Å². The van der Waals surface area contributed by atoms with E-state index >= 15 is 0 Å². The van der Waals surface area contributed by atoms with Gasteiger partial charge in [-0.15, -0.1) is 11.8 Å². The van der Waals surface area contributed by atoms with Gasteiger partial charge in [0.1, 0.15) is 11.9 Å². The molecule has 1 N–H and O–H groups in total. The van der Waals surface area contributed by atoms with Crippen LogP contribution in [-0.4, -0.2) is 34.4 Å². The number of hydrogen-bond acceptors (Lipinski definition) is 3. The second-order valence-corrected chi connectivity index (χ2v) is 8.86. The molecule has 3 atom stereocenters. The zero-order valence-electron chi connectivity index (χ0n) is 15.6. The van der Waals surface area contributed by atoms with Crippen LogP contribution < -0.4 is 5.32 Å². The third kappa shape index (κ3) is 3.52. The molecular formula is C20H25FN2O2S. The molecular weight excluding hydrogens is 351 g/mol. The molecule has 2 aliphatic rings. The summed E-state index contributed by atoms with van der Waals surface area (Å²) in [5, 5.41) is 2.63. The van der Waals surface area contributed by atoms with Crippen molar-refractivity contribution in [1.29, 1.82) is 0 Å². The summed E-state index contributed by atoms with van der Waals surface area (Å²) in [6, 6.07) is 5.51. The van der Waals surface area contributed by atoms with Gasteiger partial charge < -0.3 is 10.2 Å². The average molecular weight is 376 g/mol. The van der Waals surface area contributed by atoms with E-state index in [9.17, 15) is 14.0 Å². The minimum absolute atomic E-state index is 0.0242. The maximum atomic E-state index is 13.8. The Kier molecular flexibility index (Phi) is 5.15. The summed E-state index contributed by atoms with van der Waals surface area (Å²) in [5.41, 5.74) is 1.26. The zero-order valence-corrected chi connectivity index (χ0v) is 16.4. The van der Waals surface area contributed by atoms with E-state index in [-0.39, 0.29) is 34.8 Å². The van der Waals surface area contributed by atoms with Crippen molar-refractivity contribution < 1.29 is 14.0 Å². The Bertz CT molecular complexity index is 758. The predicted molar refractivity (Wildman–Crippen MR) is 103 cm³/mol. The molecule has 1 heterocycles. The number of carbonyl (C=O) groups excluding carboxylic acids is 2.